The Morgan fingerprint density at radius 3 is 2.73 bits per heavy atom. The maximum atomic E-state index is 12.5. The topological polar surface area (TPSA) is 96.9 Å². The summed E-state index contributed by atoms with van der Waals surface area (Å²) in [6.45, 7) is 2.29. The summed E-state index contributed by atoms with van der Waals surface area (Å²) in [5, 5.41) is 6.50. The molecular weight excluding hydrogens is 438 g/mol. The normalized spacial score (nSPS) is 16.4. The summed E-state index contributed by atoms with van der Waals surface area (Å²) >= 11 is 2.99. The summed E-state index contributed by atoms with van der Waals surface area (Å²) in [6, 6.07) is 6.62. The molecule has 5 rings (SSSR count). The van der Waals surface area contributed by atoms with Gasteiger partial charge in [0.1, 0.15) is 17.0 Å². The van der Waals surface area contributed by atoms with E-state index in [0.717, 1.165) is 34.6 Å². The molecule has 3 aromatic heterocycles. The molecule has 1 aliphatic rings. The number of rotatable bonds is 5. The molecule has 0 bridgehead atoms. The Bertz CT molecular complexity index is 1300. The number of hydrogen-bond donors (Lipinski definition) is 2. The van der Waals surface area contributed by atoms with E-state index in [1.807, 2.05) is 0 Å². The molecule has 10 heteroatoms. The first kappa shape index (κ1) is 19.4. The van der Waals surface area contributed by atoms with Crippen molar-refractivity contribution in [2.45, 2.75) is 31.1 Å². The van der Waals surface area contributed by atoms with Crippen LogP contribution >= 0.6 is 22.7 Å². The molecule has 0 spiro atoms. The Labute approximate surface area is 182 Å². The van der Waals surface area contributed by atoms with Crippen LogP contribution in [0.15, 0.2) is 47.1 Å². The van der Waals surface area contributed by atoms with Crippen molar-refractivity contribution in [3.05, 3.63) is 52.6 Å². The second-order valence-electron chi connectivity index (χ2n) is 7.35. The van der Waals surface area contributed by atoms with Crippen molar-refractivity contribution in [2.24, 2.45) is 5.92 Å². The molecule has 1 atom stereocenters. The largest absolute Gasteiger partial charge is 0.340 e. The SMILES string of the molecule is CC1CCc2c(sc3ncnc(Nc4ccc(S(=O)(=O)Nc5nccs5)cc4)c23)C1. The zero-order valence-corrected chi connectivity index (χ0v) is 18.6. The zero-order chi connectivity index (χ0) is 20.7. The number of nitrogens with zero attached hydrogens (tertiary/aromatic N) is 3. The number of hydrogen-bond acceptors (Lipinski definition) is 8. The Balaban J connectivity index is 1.42. The molecule has 0 saturated carbocycles. The van der Waals surface area contributed by atoms with E-state index in [0.29, 0.717) is 11.0 Å². The van der Waals surface area contributed by atoms with Crippen LogP contribution < -0.4 is 10.0 Å². The molecule has 2 N–H and O–H groups in total. The molecule has 1 unspecified atom stereocenters. The summed E-state index contributed by atoms with van der Waals surface area (Å²) in [5.41, 5.74) is 2.12. The number of sulfonamides is 1. The molecule has 1 aromatic carbocycles. The molecule has 4 aromatic rings. The van der Waals surface area contributed by atoms with Crippen LogP contribution in [0.5, 0.6) is 0 Å². The number of fused-ring (bicyclic) bond motifs is 3. The highest BCUT2D eigenvalue weighted by Gasteiger charge is 2.23. The Hall–Kier alpha value is -2.56. The van der Waals surface area contributed by atoms with Gasteiger partial charge in [-0.25, -0.2) is 23.4 Å². The van der Waals surface area contributed by atoms with Crippen molar-refractivity contribution in [1.82, 2.24) is 15.0 Å². The number of aromatic nitrogens is 3. The smallest absolute Gasteiger partial charge is 0.263 e. The van der Waals surface area contributed by atoms with Crippen molar-refractivity contribution in [1.29, 1.82) is 0 Å². The van der Waals surface area contributed by atoms with Crippen molar-refractivity contribution in [2.75, 3.05) is 10.0 Å². The predicted octanol–water partition coefficient (Wildman–Crippen LogP) is 4.82. The van der Waals surface area contributed by atoms with Gasteiger partial charge < -0.3 is 5.32 Å². The Morgan fingerprint density at radius 1 is 1.13 bits per heavy atom. The van der Waals surface area contributed by atoms with Crippen molar-refractivity contribution >= 4 is 59.6 Å². The van der Waals surface area contributed by atoms with Crippen molar-refractivity contribution < 1.29 is 8.42 Å². The second kappa shape index (κ2) is 7.60. The number of thiazole rings is 1. The lowest BCUT2D eigenvalue weighted by Crippen LogP contribution is -2.12. The molecule has 0 fully saturated rings. The maximum Gasteiger partial charge on any atom is 0.263 e. The van der Waals surface area contributed by atoms with E-state index in [-0.39, 0.29) is 4.90 Å². The fourth-order valence-corrected chi connectivity index (χ4v) is 6.81. The van der Waals surface area contributed by atoms with Crippen LogP contribution in [0.25, 0.3) is 10.2 Å². The standard InChI is InChI=1S/C20H19N5O2S3/c1-12-2-7-15-16(10-12)29-19-17(15)18(22-11-23-19)24-13-3-5-14(6-4-13)30(26,27)25-20-21-8-9-28-20/h3-6,8-9,11-12H,2,7,10H2,1H3,(H,21,25)(H,22,23,24). The van der Waals surface area contributed by atoms with Gasteiger partial charge in [0, 0.05) is 22.1 Å². The van der Waals surface area contributed by atoms with E-state index in [1.54, 1.807) is 53.5 Å². The van der Waals surface area contributed by atoms with E-state index in [2.05, 4.69) is 31.9 Å². The van der Waals surface area contributed by atoms with Crippen LogP contribution in [0.2, 0.25) is 0 Å². The third-order valence-electron chi connectivity index (χ3n) is 5.17. The lowest BCUT2D eigenvalue weighted by Gasteiger charge is -2.18. The molecule has 1 aliphatic carbocycles. The van der Waals surface area contributed by atoms with Crippen LogP contribution in [0.4, 0.5) is 16.6 Å². The van der Waals surface area contributed by atoms with Gasteiger partial charge in [-0.2, -0.15) is 0 Å². The van der Waals surface area contributed by atoms with Gasteiger partial charge in [-0.1, -0.05) is 6.92 Å². The molecule has 0 saturated heterocycles. The molecule has 0 aliphatic heterocycles. The van der Waals surface area contributed by atoms with Crippen molar-refractivity contribution in [3.8, 4) is 0 Å². The van der Waals surface area contributed by atoms with E-state index in [9.17, 15) is 8.42 Å². The lowest BCUT2D eigenvalue weighted by atomic mass is 9.89. The van der Waals surface area contributed by atoms with Crippen LogP contribution in [0.1, 0.15) is 23.8 Å². The van der Waals surface area contributed by atoms with Gasteiger partial charge in [-0.15, -0.1) is 22.7 Å². The number of benzene rings is 1. The first-order valence-electron chi connectivity index (χ1n) is 9.54. The van der Waals surface area contributed by atoms with Gasteiger partial charge in [0.2, 0.25) is 0 Å². The minimum Gasteiger partial charge on any atom is -0.340 e. The molecule has 154 valence electrons. The maximum absolute atomic E-state index is 12.5. The van der Waals surface area contributed by atoms with E-state index < -0.39 is 10.0 Å². The predicted molar refractivity (Wildman–Crippen MR) is 121 cm³/mol. The fourth-order valence-electron chi connectivity index (χ4n) is 3.67. The number of aryl methyl sites for hydroxylation is 1. The highest BCUT2D eigenvalue weighted by molar-refractivity contribution is 7.93. The Kier molecular flexibility index (Phi) is 4.92. The number of nitrogens with one attached hydrogen (secondary N) is 2. The fraction of sp³-hybridized carbons (Fsp3) is 0.250. The quantitative estimate of drug-likeness (QED) is 0.446. The van der Waals surface area contributed by atoms with Gasteiger partial charge in [-0.3, -0.25) is 4.72 Å². The van der Waals surface area contributed by atoms with Gasteiger partial charge >= 0.3 is 0 Å². The van der Waals surface area contributed by atoms with Crippen molar-refractivity contribution in [3.63, 3.8) is 0 Å². The first-order valence-corrected chi connectivity index (χ1v) is 12.7. The van der Waals surface area contributed by atoms with Crippen LogP contribution in [0, 0.1) is 5.92 Å². The summed E-state index contributed by atoms with van der Waals surface area (Å²) < 4.78 is 27.5. The highest BCUT2D eigenvalue weighted by atomic mass is 32.2. The summed E-state index contributed by atoms with van der Waals surface area (Å²) in [7, 11) is -3.67. The summed E-state index contributed by atoms with van der Waals surface area (Å²) in [6.07, 6.45) is 6.44. The summed E-state index contributed by atoms with van der Waals surface area (Å²) in [4.78, 5) is 15.5. The summed E-state index contributed by atoms with van der Waals surface area (Å²) in [5.74, 6) is 1.46. The van der Waals surface area contributed by atoms with Gasteiger partial charge in [0.05, 0.1) is 10.3 Å². The molecule has 0 radical (unpaired) electrons. The van der Waals surface area contributed by atoms with E-state index in [4.69, 9.17) is 0 Å². The van der Waals surface area contributed by atoms with E-state index >= 15 is 0 Å². The molecule has 3 heterocycles. The molecule has 30 heavy (non-hydrogen) atoms. The zero-order valence-electron chi connectivity index (χ0n) is 16.1. The first-order chi connectivity index (χ1) is 14.5. The molecule has 0 amide bonds. The number of anilines is 3. The minimum atomic E-state index is -3.67. The van der Waals surface area contributed by atoms with Gasteiger partial charge in [0.25, 0.3) is 10.0 Å². The monoisotopic (exact) mass is 457 g/mol. The van der Waals surface area contributed by atoms with Crippen LogP contribution in [-0.2, 0) is 22.9 Å². The average Bonchev–Trinajstić information content (AvgIpc) is 3.35. The molecule has 7 nitrogen and oxygen atoms in total. The lowest BCUT2D eigenvalue weighted by molar-refractivity contribution is 0.509. The van der Waals surface area contributed by atoms with Crippen LogP contribution in [-0.4, -0.2) is 23.4 Å². The third-order valence-corrected chi connectivity index (χ3v) is 8.51. The van der Waals surface area contributed by atoms with E-state index in [1.165, 1.54) is 28.2 Å². The average molecular weight is 458 g/mol. The minimum absolute atomic E-state index is 0.179. The van der Waals surface area contributed by atoms with Crippen LogP contribution in [0.3, 0.4) is 0 Å². The number of thiophene rings is 1. The Morgan fingerprint density at radius 2 is 1.97 bits per heavy atom. The third kappa shape index (κ3) is 3.66. The van der Waals surface area contributed by atoms with Gasteiger partial charge in [-0.05, 0) is 55.0 Å². The second-order valence-corrected chi connectivity index (χ2v) is 11.0. The highest BCUT2D eigenvalue weighted by Crippen LogP contribution is 2.40. The van der Waals surface area contributed by atoms with Gasteiger partial charge in [0.15, 0.2) is 5.13 Å². The molecular formula is C20H19N5O2S3.